The van der Waals surface area contributed by atoms with E-state index in [-0.39, 0.29) is 11.9 Å². The summed E-state index contributed by atoms with van der Waals surface area (Å²) in [6, 6.07) is 16.5. The van der Waals surface area contributed by atoms with E-state index in [4.69, 9.17) is 4.74 Å². The summed E-state index contributed by atoms with van der Waals surface area (Å²) in [4.78, 5) is 14.9. The van der Waals surface area contributed by atoms with E-state index < -0.39 is 0 Å². The number of carbonyl (C=O) groups excluding carboxylic acids is 1. The maximum Gasteiger partial charge on any atom is 0.253 e. The average molecular weight is 319 g/mol. The third-order valence-electron chi connectivity index (χ3n) is 5.03. The van der Waals surface area contributed by atoms with E-state index in [0.29, 0.717) is 6.61 Å². The minimum atomic E-state index is 0.0613. The highest BCUT2D eigenvalue weighted by molar-refractivity contribution is 5.99. The van der Waals surface area contributed by atoms with Gasteiger partial charge in [-0.15, -0.1) is 0 Å². The summed E-state index contributed by atoms with van der Waals surface area (Å²) < 4.78 is 5.75. The molecule has 1 aliphatic heterocycles. The van der Waals surface area contributed by atoms with E-state index in [1.165, 1.54) is 11.1 Å². The van der Waals surface area contributed by atoms with Crippen molar-refractivity contribution in [3.05, 3.63) is 70.8 Å². The summed E-state index contributed by atoms with van der Waals surface area (Å²) in [5.74, 6) is 0.908. The van der Waals surface area contributed by atoms with E-state index in [9.17, 15) is 4.79 Å². The van der Waals surface area contributed by atoms with Crippen molar-refractivity contribution < 1.29 is 9.53 Å². The number of rotatable bonds is 2. The molecule has 1 heterocycles. The first-order valence-electron chi connectivity index (χ1n) is 8.51. The second-order valence-corrected chi connectivity index (χ2v) is 6.52. The van der Waals surface area contributed by atoms with Crippen molar-refractivity contribution in [1.82, 2.24) is 4.90 Å². The van der Waals surface area contributed by atoms with E-state index in [0.717, 1.165) is 36.1 Å². The molecule has 0 saturated heterocycles. The number of para-hydroxylation sites is 1. The van der Waals surface area contributed by atoms with Crippen LogP contribution in [0.25, 0.3) is 6.08 Å². The molecule has 0 radical (unpaired) electrons. The number of fused-ring (bicyclic) bond motifs is 2. The molecule has 1 atom stereocenters. The molecule has 0 N–H and O–H groups in total. The Labute approximate surface area is 142 Å². The Morgan fingerprint density at radius 2 is 1.92 bits per heavy atom. The first-order valence-corrected chi connectivity index (χ1v) is 8.51. The van der Waals surface area contributed by atoms with Crippen molar-refractivity contribution in [2.75, 3.05) is 13.7 Å². The Balaban J connectivity index is 1.61. The quantitative estimate of drug-likeness (QED) is 0.837. The van der Waals surface area contributed by atoms with Crippen LogP contribution in [0.4, 0.5) is 0 Å². The SMILES string of the molecule is CN(C(=O)C1=Cc2ccccc2OC1)C1CCCc2ccccc21. The van der Waals surface area contributed by atoms with Gasteiger partial charge in [0.2, 0.25) is 0 Å². The number of nitrogens with zero attached hydrogens (tertiary/aromatic N) is 1. The minimum Gasteiger partial charge on any atom is -0.488 e. The van der Waals surface area contributed by atoms with Crippen LogP contribution in [0.15, 0.2) is 54.1 Å². The average Bonchev–Trinajstić information content (AvgIpc) is 2.66. The van der Waals surface area contributed by atoms with E-state index >= 15 is 0 Å². The number of aryl methyl sites for hydroxylation is 1. The van der Waals surface area contributed by atoms with Gasteiger partial charge >= 0.3 is 0 Å². The maximum atomic E-state index is 13.0. The second kappa shape index (κ2) is 6.16. The fraction of sp³-hybridized carbons (Fsp3) is 0.286. The van der Waals surface area contributed by atoms with Gasteiger partial charge in [0, 0.05) is 12.6 Å². The van der Waals surface area contributed by atoms with Crippen molar-refractivity contribution in [2.45, 2.75) is 25.3 Å². The van der Waals surface area contributed by atoms with Crippen LogP contribution in [-0.4, -0.2) is 24.5 Å². The molecule has 122 valence electrons. The summed E-state index contributed by atoms with van der Waals surface area (Å²) in [5.41, 5.74) is 4.36. The van der Waals surface area contributed by atoms with Crippen LogP contribution in [0.5, 0.6) is 5.75 Å². The first-order chi connectivity index (χ1) is 11.7. The van der Waals surface area contributed by atoms with E-state index in [2.05, 4.69) is 24.3 Å². The van der Waals surface area contributed by atoms with Gasteiger partial charge in [-0.25, -0.2) is 0 Å². The second-order valence-electron chi connectivity index (χ2n) is 6.52. The third-order valence-corrected chi connectivity index (χ3v) is 5.03. The molecule has 0 aromatic heterocycles. The van der Waals surface area contributed by atoms with Crippen LogP contribution >= 0.6 is 0 Å². The van der Waals surface area contributed by atoms with Gasteiger partial charge in [-0.1, -0.05) is 42.5 Å². The molecule has 24 heavy (non-hydrogen) atoms. The molecule has 1 unspecified atom stereocenters. The van der Waals surface area contributed by atoms with Crippen LogP contribution in [0.3, 0.4) is 0 Å². The molecule has 2 aromatic rings. The zero-order valence-corrected chi connectivity index (χ0v) is 13.9. The molecule has 2 aliphatic rings. The number of hydrogen-bond donors (Lipinski definition) is 0. The highest BCUT2D eigenvalue weighted by Gasteiger charge is 2.29. The predicted molar refractivity (Wildman–Crippen MR) is 94.8 cm³/mol. The van der Waals surface area contributed by atoms with Crippen molar-refractivity contribution in [3.63, 3.8) is 0 Å². The van der Waals surface area contributed by atoms with E-state index in [1.54, 1.807) is 0 Å². The topological polar surface area (TPSA) is 29.5 Å². The lowest BCUT2D eigenvalue weighted by atomic mass is 9.86. The Morgan fingerprint density at radius 1 is 1.12 bits per heavy atom. The molecular formula is C21H21NO2. The van der Waals surface area contributed by atoms with Gasteiger partial charge in [0.15, 0.2) is 0 Å². The van der Waals surface area contributed by atoms with Gasteiger partial charge in [-0.3, -0.25) is 4.79 Å². The monoisotopic (exact) mass is 319 g/mol. The highest BCUT2D eigenvalue weighted by Crippen LogP contribution is 2.35. The zero-order valence-electron chi connectivity index (χ0n) is 13.9. The molecule has 4 rings (SSSR count). The fourth-order valence-electron chi connectivity index (χ4n) is 3.74. The third kappa shape index (κ3) is 2.60. The molecule has 1 amide bonds. The number of likely N-dealkylation sites (N-methyl/N-ethyl adjacent to an activating group) is 1. The summed E-state index contributed by atoms with van der Waals surface area (Å²) in [6.45, 7) is 0.342. The molecule has 0 spiro atoms. The largest absolute Gasteiger partial charge is 0.488 e. The lowest BCUT2D eigenvalue weighted by molar-refractivity contribution is -0.128. The fourth-order valence-corrected chi connectivity index (χ4v) is 3.74. The number of benzene rings is 2. The van der Waals surface area contributed by atoms with Gasteiger partial charge < -0.3 is 9.64 Å². The van der Waals surface area contributed by atoms with E-state index in [1.807, 2.05) is 42.3 Å². The number of ether oxygens (including phenoxy) is 1. The number of hydrogen-bond acceptors (Lipinski definition) is 2. The Kier molecular flexibility index (Phi) is 3.85. The zero-order chi connectivity index (χ0) is 16.5. The minimum absolute atomic E-state index is 0.0613. The Hall–Kier alpha value is -2.55. The summed E-state index contributed by atoms with van der Waals surface area (Å²) in [5, 5.41) is 0. The van der Waals surface area contributed by atoms with Crippen LogP contribution in [0.2, 0.25) is 0 Å². The Morgan fingerprint density at radius 3 is 2.83 bits per heavy atom. The van der Waals surface area contributed by atoms with Crippen molar-refractivity contribution in [1.29, 1.82) is 0 Å². The molecule has 2 aromatic carbocycles. The van der Waals surface area contributed by atoms with Crippen LogP contribution < -0.4 is 4.74 Å². The number of amides is 1. The predicted octanol–water partition coefficient (Wildman–Crippen LogP) is 4.00. The normalized spacial score (nSPS) is 18.7. The van der Waals surface area contributed by atoms with Crippen LogP contribution in [0.1, 0.15) is 35.6 Å². The van der Waals surface area contributed by atoms with Crippen LogP contribution in [-0.2, 0) is 11.2 Å². The van der Waals surface area contributed by atoms with Gasteiger partial charge in [-0.05, 0) is 42.5 Å². The smallest absolute Gasteiger partial charge is 0.253 e. The molecule has 3 nitrogen and oxygen atoms in total. The number of carbonyl (C=O) groups is 1. The molecule has 1 aliphatic carbocycles. The van der Waals surface area contributed by atoms with Crippen molar-refractivity contribution >= 4 is 12.0 Å². The van der Waals surface area contributed by atoms with Crippen LogP contribution in [0, 0.1) is 0 Å². The molecule has 0 fully saturated rings. The summed E-state index contributed by atoms with van der Waals surface area (Å²) >= 11 is 0. The van der Waals surface area contributed by atoms with Gasteiger partial charge in [0.25, 0.3) is 5.91 Å². The molecule has 0 saturated carbocycles. The molecular weight excluding hydrogens is 298 g/mol. The molecule has 0 bridgehead atoms. The Bertz CT molecular complexity index is 809. The lowest BCUT2D eigenvalue weighted by Gasteiger charge is -2.34. The highest BCUT2D eigenvalue weighted by atomic mass is 16.5. The van der Waals surface area contributed by atoms with Crippen molar-refractivity contribution in [3.8, 4) is 5.75 Å². The summed E-state index contributed by atoms with van der Waals surface area (Å²) in [6.07, 6.45) is 5.21. The molecule has 3 heteroatoms. The first kappa shape index (κ1) is 15.0. The van der Waals surface area contributed by atoms with Gasteiger partial charge in [0.1, 0.15) is 12.4 Å². The van der Waals surface area contributed by atoms with Crippen molar-refractivity contribution in [2.24, 2.45) is 0 Å². The van der Waals surface area contributed by atoms with Gasteiger partial charge in [0.05, 0.1) is 11.6 Å². The van der Waals surface area contributed by atoms with Gasteiger partial charge in [-0.2, -0.15) is 0 Å². The maximum absolute atomic E-state index is 13.0. The standard InChI is InChI=1S/C21H21NO2/c1-22(19-11-6-9-15-7-2-4-10-18(15)19)21(23)17-13-16-8-3-5-12-20(16)24-14-17/h2-5,7-8,10,12-13,19H,6,9,11,14H2,1H3. The summed E-state index contributed by atoms with van der Waals surface area (Å²) in [7, 11) is 1.91. The lowest BCUT2D eigenvalue weighted by Crippen LogP contribution is -2.35.